The molecular weight excluding hydrogens is 226 g/mol. The zero-order valence-corrected chi connectivity index (χ0v) is 11.5. The van der Waals surface area contributed by atoms with Crippen LogP contribution < -0.4 is 4.74 Å². The fraction of sp³-hybridized carbons (Fsp3) is 0.667. The summed E-state index contributed by atoms with van der Waals surface area (Å²) < 4.78 is 5.62. The molecule has 1 heterocycles. The summed E-state index contributed by atoms with van der Waals surface area (Å²) in [5.74, 6) is 1.39. The van der Waals surface area contributed by atoms with Crippen molar-refractivity contribution in [1.29, 1.82) is 0 Å². The number of rotatable bonds is 5. The maximum Gasteiger partial charge on any atom is 0.138 e. The Hall–Kier alpha value is -1.09. The average Bonchev–Trinajstić information content (AvgIpc) is 2.23. The molecule has 1 aliphatic carbocycles. The third-order valence-electron chi connectivity index (χ3n) is 3.62. The Morgan fingerprint density at radius 1 is 1.44 bits per heavy atom. The molecule has 1 aromatic heterocycles. The Balaban J connectivity index is 2.10. The molecule has 3 nitrogen and oxygen atoms in total. The first kappa shape index (κ1) is 13.3. The van der Waals surface area contributed by atoms with Gasteiger partial charge in [0.25, 0.3) is 0 Å². The molecule has 1 N–H and O–H groups in total. The molecule has 3 heteroatoms. The summed E-state index contributed by atoms with van der Waals surface area (Å²) in [4.78, 5) is 4.17. The van der Waals surface area contributed by atoms with Crippen LogP contribution in [0, 0.1) is 5.92 Å². The topological polar surface area (TPSA) is 42.4 Å². The van der Waals surface area contributed by atoms with Gasteiger partial charge in [-0.25, -0.2) is 0 Å². The molecule has 1 saturated carbocycles. The smallest absolute Gasteiger partial charge is 0.138 e. The second-order valence-electron chi connectivity index (χ2n) is 5.85. The van der Waals surface area contributed by atoms with Gasteiger partial charge in [-0.3, -0.25) is 4.98 Å². The van der Waals surface area contributed by atoms with E-state index >= 15 is 0 Å². The van der Waals surface area contributed by atoms with Crippen LogP contribution in [0.3, 0.4) is 0 Å². The van der Waals surface area contributed by atoms with Crippen molar-refractivity contribution in [2.24, 2.45) is 5.92 Å². The monoisotopic (exact) mass is 249 g/mol. The Labute approximate surface area is 109 Å². The van der Waals surface area contributed by atoms with Crippen molar-refractivity contribution in [3.8, 4) is 5.75 Å². The number of ether oxygens (including phenoxy) is 1. The number of hydrogen-bond acceptors (Lipinski definition) is 3. The van der Waals surface area contributed by atoms with Gasteiger partial charge in [-0.2, -0.15) is 0 Å². The Bertz CT molecular complexity index is 397. The molecule has 1 fully saturated rings. The van der Waals surface area contributed by atoms with Crippen molar-refractivity contribution in [2.75, 3.05) is 0 Å². The second-order valence-corrected chi connectivity index (χ2v) is 5.85. The lowest BCUT2D eigenvalue weighted by atomic mass is 9.76. The van der Waals surface area contributed by atoms with Crippen LogP contribution >= 0.6 is 0 Å². The van der Waals surface area contributed by atoms with E-state index in [1.807, 2.05) is 26.8 Å². The molecule has 1 unspecified atom stereocenters. The van der Waals surface area contributed by atoms with Gasteiger partial charge in [0.15, 0.2) is 0 Å². The van der Waals surface area contributed by atoms with Crippen LogP contribution in [0.2, 0.25) is 0 Å². The standard InChI is InChI=1S/C15H23NO2/c1-11(2)18-14-7-13(9-16-10-14)15(3,17)8-12-5-4-6-12/h7,9-12,17H,4-6,8H2,1-3H3. The molecule has 0 saturated heterocycles. The molecule has 0 radical (unpaired) electrons. The van der Waals surface area contributed by atoms with E-state index in [1.165, 1.54) is 19.3 Å². The van der Waals surface area contributed by atoms with E-state index < -0.39 is 5.60 Å². The summed E-state index contributed by atoms with van der Waals surface area (Å²) in [6.45, 7) is 5.85. The largest absolute Gasteiger partial charge is 0.489 e. The lowest BCUT2D eigenvalue weighted by Gasteiger charge is -2.33. The highest BCUT2D eigenvalue weighted by Gasteiger charge is 2.30. The highest BCUT2D eigenvalue weighted by atomic mass is 16.5. The number of pyridine rings is 1. The fourth-order valence-corrected chi connectivity index (χ4v) is 2.43. The zero-order valence-electron chi connectivity index (χ0n) is 11.5. The molecule has 1 aliphatic rings. The van der Waals surface area contributed by atoms with Gasteiger partial charge in [-0.05, 0) is 39.2 Å². The molecule has 1 aromatic rings. The molecule has 100 valence electrons. The first-order valence-corrected chi connectivity index (χ1v) is 6.82. The van der Waals surface area contributed by atoms with Crippen LogP contribution in [-0.4, -0.2) is 16.2 Å². The van der Waals surface area contributed by atoms with Gasteiger partial charge in [0.05, 0.1) is 17.9 Å². The van der Waals surface area contributed by atoms with Gasteiger partial charge >= 0.3 is 0 Å². The fourth-order valence-electron chi connectivity index (χ4n) is 2.43. The summed E-state index contributed by atoms with van der Waals surface area (Å²) >= 11 is 0. The van der Waals surface area contributed by atoms with Crippen LogP contribution in [0.4, 0.5) is 0 Å². The summed E-state index contributed by atoms with van der Waals surface area (Å²) in [6.07, 6.45) is 8.17. The lowest BCUT2D eigenvalue weighted by molar-refractivity contribution is 0.0155. The first-order valence-electron chi connectivity index (χ1n) is 6.82. The Morgan fingerprint density at radius 2 is 2.17 bits per heavy atom. The van der Waals surface area contributed by atoms with E-state index in [2.05, 4.69) is 4.98 Å². The van der Waals surface area contributed by atoms with Gasteiger partial charge in [0.2, 0.25) is 0 Å². The molecule has 2 rings (SSSR count). The van der Waals surface area contributed by atoms with Gasteiger partial charge in [-0.1, -0.05) is 19.3 Å². The number of nitrogens with zero attached hydrogens (tertiary/aromatic N) is 1. The SMILES string of the molecule is CC(C)Oc1cncc(C(C)(O)CC2CCC2)c1. The van der Waals surface area contributed by atoms with Crippen LogP contribution in [0.15, 0.2) is 18.5 Å². The molecular formula is C15H23NO2. The second kappa shape index (κ2) is 5.27. The minimum Gasteiger partial charge on any atom is -0.489 e. The van der Waals surface area contributed by atoms with E-state index in [4.69, 9.17) is 4.74 Å². The van der Waals surface area contributed by atoms with E-state index in [0.717, 1.165) is 17.7 Å². The van der Waals surface area contributed by atoms with Crippen molar-refractivity contribution in [2.45, 2.75) is 58.2 Å². The van der Waals surface area contributed by atoms with E-state index in [0.29, 0.717) is 5.92 Å². The molecule has 18 heavy (non-hydrogen) atoms. The number of hydrogen-bond donors (Lipinski definition) is 1. The predicted molar refractivity (Wildman–Crippen MR) is 71.5 cm³/mol. The third-order valence-corrected chi connectivity index (χ3v) is 3.62. The first-order chi connectivity index (χ1) is 8.47. The molecule has 1 atom stereocenters. The van der Waals surface area contributed by atoms with Gasteiger partial charge in [0, 0.05) is 11.8 Å². The van der Waals surface area contributed by atoms with Gasteiger partial charge in [0.1, 0.15) is 5.75 Å². The van der Waals surface area contributed by atoms with Crippen molar-refractivity contribution in [1.82, 2.24) is 4.98 Å². The highest BCUT2D eigenvalue weighted by molar-refractivity contribution is 5.28. The van der Waals surface area contributed by atoms with Crippen molar-refractivity contribution < 1.29 is 9.84 Å². The molecule has 0 spiro atoms. The van der Waals surface area contributed by atoms with Crippen LogP contribution in [0.1, 0.15) is 52.0 Å². The highest BCUT2D eigenvalue weighted by Crippen LogP contribution is 2.38. The van der Waals surface area contributed by atoms with Crippen LogP contribution in [0.25, 0.3) is 0 Å². The minimum absolute atomic E-state index is 0.124. The average molecular weight is 249 g/mol. The van der Waals surface area contributed by atoms with Gasteiger partial charge in [-0.15, -0.1) is 0 Å². The van der Waals surface area contributed by atoms with Crippen LogP contribution in [0.5, 0.6) is 5.75 Å². The molecule has 0 amide bonds. The molecule has 0 aromatic carbocycles. The summed E-state index contributed by atoms with van der Waals surface area (Å²) in [5.41, 5.74) is 0.0570. The van der Waals surface area contributed by atoms with Crippen molar-refractivity contribution >= 4 is 0 Å². The van der Waals surface area contributed by atoms with Crippen molar-refractivity contribution in [3.63, 3.8) is 0 Å². The van der Waals surface area contributed by atoms with Crippen molar-refractivity contribution in [3.05, 3.63) is 24.0 Å². The third kappa shape index (κ3) is 3.22. The molecule has 0 aliphatic heterocycles. The minimum atomic E-state index is -0.797. The number of aromatic nitrogens is 1. The quantitative estimate of drug-likeness (QED) is 0.871. The van der Waals surface area contributed by atoms with Crippen LogP contribution in [-0.2, 0) is 5.60 Å². The molecule has 0 bridgehead atoms. The summed E-state index contributed by atoms with van der Waals surface area (Å²) in [6, 6.07) is 1.91. The van der Waals surface area contributed by atoms with E-state index in [1.54, 1.807) is 12.4 Å². The zero-order chi connectivity index (χ0) is 13.2. The summed E-state index contributed by atoms with van der Waals surface area (Å²) in [7, 11) is 0. The predicted octanol–water partition coefficient (Wildman–Crippen LogP) is 3.27. The Kier molecular flexibility index (Phi) is 3.91. The maximum absolute atomic E-state index is 10.6. The van der Waals surface area contributed by atoms with E-state index in [-0.39, 0.29) is 6.10 Å². The van der Waals surface area contributed by atoms with E-state index in [9.17, 15) is 5.11 Å². The lowest BCUT2D eigenvalue weighted by Crippen LogP contribution is -2.28. The van der Waals surface area contributed by atoms with Gasteiger partial charge < -0.3 is 9.84 Å². The normalized spacial score (nSPS) is 19.4. The maximum atomic E-state index is 10.6. The summed E-state index contributed by atoms with van der Waals surface area (Å²) in [5, 5.41) is 10.6. The number of aliphatic hydroxyl groups is 1. The Morgan fingerprint density at radius 3 is 2.72 bits per heavy atom.